The van der Waals surface area contributed by atoms with Crippen molar-refractivity contribution in [1.82, 2.24) is 0 Å². The Morgan fingerprint density at radius 1 is 0.800 bits per heavy atom. The van der Waals surface area contributed by atoms with Crippen LogP contribution in [-0.2, 0) is 0 Å². The standard InChI is InChI=1S/C18H12O2/c1-11-6-7-14-16(8-11)20-17-10-13-5-3-2-4-12(13)9-15(17)18(14)19/h2-10H,1H3. The summed E-state index contributed by atoms with van der Waals surface area (Å²) in [6.07, 6.45) is 0. The summed E-state index contributed by atoms with van der Waals surface area (Å²) >= 11 is 0. The maximum absolute atomic E-state index is 12.6. The molecule has 0 spiro atoms. The van der Waals surface area contributed by atoms with Gasteiger partial charge in [-0.05, 0) is 47.5 Å². The predicted molar refractivity (Wildman–Crippen MR) is 82.2 cm³/mol. The van der Waals surface area contributed by atoms with Crippen LogP contribution in [0.15, 0.2) is 63.8 Å². The van der Waals surface area contributed by atoms with E-state index in [1.807, 2.05) is 61.5 Å². The van der Waals surface area contributed by atoms with Gasteiger partial charge in [0, 0.05) is 0 Å². The zero-order chi connectivity index (χ0) is 13.7. The lowest BCUT2D eigenvalue weighted by molar-refractivity contribution is 0.660. The maximum atomic E-state index is 12.6. The van der Waals surface area contributed by atoms with E-state index >= 15 is 0 Å². The van der Waals surface area contributed by atoms with Gasteiger partial charge in [0.25, 0.3) is 0 Å². The topological polar surface area (TPSA) is 30.2 Å². The molecule has 20 heavy (non-hydrogen) atoms. The van der Waals surface area contributed by atoms with Crippen molar-refractivity contribution in [3.05, 3.63) is 70.4 Å². The minimum Gasteiger partial charge on any atom is -0.456 e. The van der Waals surface area contributed by atoms with Gasteiger partial charge in [0.05, 0.1) is 10.8 Å². The van der Waals surface area contributed by atoms with Crippen molar-refractivity contribution in [1.29, 1.82) is 0 Å². The third kappa shape index (κ3) is 1.55. The number of rotatable bonds is 0. The van der Waals surface area contributed by atoms with Gasteiger partial charge in [-0.15, -0.1) is 0 Å². The Morgan fingerprint density at radius 3 is 2.30 bits per heavy atom. The van der Waals surface area contributed by atoms with Gasteiger partial charge in [0.2, 0.25) is 5.43 Å². The van der Waals surface area contributed by atoms with Gasteiger partial charge in [0.15, 0.2) is 0 Å². The average Bonchev–Trinajstić information content (AvgIpc) is 2.45. The molecule has 0 bridgehead atoms. The molecule has 0 radical (unpaired) electrons. The molecule has 0 aliphatic carbocycles. The third-order valence-corrected chi connectivity index (χ3v) is 3.69. The van der Waals surface area contributed by atoms with Gasteiger partial charge >= 0.3 is 0 Å². The molecule has 1 heterocycles. The SMILES string of the molecule is Cc1ccc2c(=O)c3cc4ccccc4cc3oc2c1. The Bertz CT molecular complexity index is 1030. The van der Waals surface area contributed by atoms with E-state index in [0.29, 0.717) is 21.9 Å². The molecule has 0 N–H and O–H groups in total. The molecule has 0 amide bonds. The molecule has 0 atom stereocenters. The van der Waals surface area contributed by atoms with Crippen LogP contribution in [0.2, 0.25) is 0 Å². The number of hydrogen-bond donors (Lipinski definition) is 0. The molecule has 96 valence electrons. The molecule has 4 rings (SSSR count). The van der Waals surface area contributed by atoms with Gasteiger partial charge in [-0.1, -0.05) is 30.3 Å². The molecule has 1 aromatic heterocycles. The first-order valence-corrected chi connectivity index (χ1v) is 6.58. The fraction of sp³-hybridized carbons (Fsp3) is 0.0556. The summed E-state index contributed by atoms with van der Waals surface area (Å²) in [5.74, 6) is 0. The zero-order valence-corrected chi connectivity index (χ0v) is 11.0. The van der Waals surface area contributed by atoms with Crippen molar-refractivity contribution in [2.45, 2.75) is 6.92 Å². The van der Waals surface area contributed by atoms with E-state index in [1.165, 1.54) is 0 Å². The van der Waals surface area contributed by atoms with Crippen LogP contribution >= 0.6 is 0 Å². The second-order valence-corrected chi connectivity index (χ2v) is 5.13. The van der Waals surface area contributed by atoms with Gasteiger partial charge in [-0.2, -0.15) is 0 Å². The summed E-state index contributed by atoms with van der Waals surface area (Å²) in [6.45, 7) is 1.99. The van der Waals surface area contributed by atoms with Gasteiger partial charge in [0.1, 0.15) is 11.2 Å². The lowest BCUT2D eigenvalue weighted by Gasteiger charge is -2.04. The highest BCUT2D eigenvalue weighted by Crippen LogP contribution is 2.24. The van der Waals surface area contributed by atoms with Crippen molar-refractivity contribution < 1.29 is 4.42 Å². The van der Waals surface area contributed by atoms with E-state index in [1.54, 1.807) is 0 Å². The Labute approximate surface area is 115 Å². The highest BCUT2D eigenvalue weighted by Gasteiger charge is 2.08. The Balaban J connectivity index is 2.26. The quantitative estimate of drug-likeness (QED) is 0.438. The van der Waals surface area contributed by atoms with Crippen LogP contribution in [0.25, 0.3) is 32.7 Å². The van der Waals surface area contributed by atoms with Gasteiger partial charge in [-0.25, -0.2) is 0 Å². The molecule has 0 aliphatic heterocycles. The number of fused-ring (bicyclic) bond motifs is 3. The Kier molecular flexibility index (Phi) is 2.21. The van der Waals surface area contributed by atoms with Crippen molar-refractivity contribution in [3.8, 4) is 0 Å². The first kappa shape index (κ1) is 11.2. The first-order valence-electron chi connectivity index (χ1n) is 6.58. The van der Waals surface area contributed by atoms with E-state index in [0.717, 1.165) is 16.3 Å². The molecule has 0 unspecified atom stereocenters. The van der Waals surface area contributed by atoms with Crippen molar-refractivity contribution in [2.24, 2.45) is 0 Å². The van der Waals surface area contributed by atoms with E-state index in [4.69, 9.17) is 4.42 Å². The van der Waals surface area contributed by atoms with E-state index < -0.39 is 0 Å². The first-order chi connectivity index (χ1) is 9.72. The molecule has 0 fully saturated rings. The molecule has 0 aliphatic rings. The summed E-state index contributed by atoms with van der Waals surface area (Å²) < 4.78 is 5.92. The van der Waals surface area contributed by atoms with Crippen LogP contribution in [0.4, 0.5) is 0 Å². The minimum atomic E-state index is 0.0343. The minimum absolute atomic E-state index is 0.0343. The van der Waals surface area contributed by atoms with Crippen molar-refractivity contribution >= 4 is 32.7 Å². The van der Waals surface area contributed by atoms with Crippen molar-refractivity contribution in [2.75, 3.05) is 0 Å². The van der Waals surface area contributed by atoms with E-state index in [-0.39, 0.29) is 5.43 Å². The zero-order valence-electron chi connectivity index (χ0n) is 11.0. The monoisotopic (exact) mass is 260 g/mol. The molecule has 0 saturated heterocycles. The highest BCUT2D eigenvalue weighted by molar-refractivity contribution is 5.99. The summed E-state index contributed by atoms with van der Waals surface area (Å²) in [7, 11) is 0. The lowest BCUT2D eigenvalue weighted by Crippen LogP contribution is -2.02. The average molecular weight is 260 g/mol. The van der Waals surface area contributed by atoms with E-state index in [9.17, 15) is 4.79 Å². The van der Waals surface area contributed by atoms with Crippen LogP contribution in [0.1, 0.15) is 5.56 Å². The Hall–Kier alpha value is -2.61. The molecular weight excluding hydrogens is 248 g/mol. The smallest absolute Gasteiger partial charge is 0.200 e. The predicted octanol–water partition coefficient (Wildman–Crippen LogP) is 4.41. The van der Waals surface area contributed by atoms with Crippen LogP contribution in [0.3, 0.4) is 0 Å². The lowest BCUT2D eigenvalue weighted by atomic mass is 10.1. The van der Waals surface area contributed by atoms with E-state index in [2.05, 4.69) is 0 Å². The summed E-state index contributed by atoms with van der Waals surface area (Å²) in [4.78, 5) is 12.6. The second kappa shape index (κ2) is 3.94. The molecule has 2 nitrogen and oxygen atoms in total. The molecule has 2 heteroatoms. The highest BCUT2D eigenvalue weighted by atomic mass is 16.3. The summed E-state index contributed by atoms with van der Waals surface area (Å²) in [5.41, 5.74) is 2.41. The van der Waals surface area contributed by atoms with Crippen LogP contribution in [0, 0.1) is 6.92 Å². The molecule has 4 aromatic rings. The van der Waals surface area contributed by atoms with Gasteiger partial charge in [-0.3, -0.25) is 4.79 Å². The van der Waals surface area contributed by atoms with Crippen LogP contribution in [-0.4, -0.2) is 0 Å². The van der Waals surface area contributed by atoms with Crippen LogP contribution < -0.4 is 5.43 Å². The number of aryl methyl sites for hydroxylation is 1. The largest absolute Gasteiger partial charge is 0.456 e. The fourth-order valence-electron chi connectivity index (χ4n) is 2.65. The summed E-state index contributed by atoms with van der Waals surface area (Å²) in [5, 5.41) is 3.41. The molecular formula is C18H12O2. The maximum Gasteiger partial charge on any atom is 0.200 e. The normalized spacial score (nSPS) is 11.4. The number of benzene rings is 3. The fourth-order valence-corrected chi connectivity index (χ4v) is 2.65. The van der Waals surface area contributed by atoms with Gasteiger partial charge < -0.3 is 4.42 Å². The van der Waals surface area contributed by atoms with Crippen molar-refractivity contribution in [3.63, 3.8) is 0 Å². The van der Waals surface area contributed by atoms with Crippen LogP contribution in [0.5, 0.6) is 0 Å². The molecule has 0 saturated carbocycles. The third-order valence-electron chi connectivity index (χ3n) is 3.69. The summed E-state index contributed by atoms with van der Waals surface area (Å²) in [6, 6.07) is 17.5. The number of hydrogen-bond acceptors (Lipinski definition) is 2. The molecule has 3 aromatic carbocycles. The Morgan fingerprint density at radius 2 is 1.50 bits per heavy atom. The second-order valence-electron chi connectivity index (χ2n) is 5.13.